The van der Waals surface area contributed by atoms with E-state index in [-0.39, 0.29) is 29.3 Å². The Balaban J connectivity index is 1.45. The molecule has 38 heavy (non-hydrogen) atoms. The third-order valence-electron chi connectivity index (χ3n) is 7.95. The standard InChI is InChI=1S/C30H46N4O4/c1-19(2)15-20(23-18-37-30(8,9)34(23)27(36)38-28(3,4)5)11-10-12-24(35)22-17-31-21-16-25-29(6,7)13-14-33(25)26(21)32-22/h16-17,19-20,23H,10-15,18H2,1-9H3/t20-,23-/m0/s1. The lowest BCUT2D eigenvalue weighted by Crippen LogP contribution is -2.52. The first-order chi connectivity index (χ1) is 17.6. The van der Waals surface area contributed by atoms with Crippen LogP contribution < -0.4 is 0 Å². The molecule has 1 fully saturated rings. The van der Waals surface area contributed by atoms with Gasteiger partial charge in [-0.3, -0.25) is 14.7 Å². The fraction of sp³-hybridized carbons (Fsp3) is 0.733. The summed E-state index contributed by atoms with van der Waals surface area (Å²) < 4.78 is 14.0. The van der Waals surface area contributed by atoms with Crippen molar-refractivity contribution in [3.63, 3.8) is 0 Å². The number of fused-ring (bicyclic) bond motifs is 3. The van der Waals surface area contributed by atoms with Crippen LogP contribution >= 0.6 is 0 Å². The molecule has 0 radical (unpaired) electrons. The lowest BCUT2D eigenvalue weighted by molar-refractivity contribution is -0.0649. The molecular formula is C30H46N4O4. The van der Waals surface area contributed by atoms with E-state index >= 15 is 0 Å². The summed E-state index contributed by atoms with van der Waals surface area (Å²) in [6, 6.07) is 2.02. The molecule has 0 aromatic carbocycles. The van der Waals surface area contributed by atoms with E-state index in [1.54, 1.807) is 11.1 Å². The van der Waals surface area contributed by atoms with Crippen LogP contribution in [0.2, 0.25) is 0 Å². The summed E-state index contributed by atoms with van der Waals surface area (Å²) in [4.78, 5) is 37.5. The van der Waals surface area contributed by atoms with Crippen molar-refractivity contribution < 1.29 is 19.1 Å². The van der Waals surface area contributed by atoms with Gasteiger partial charge in [-0.25, -0.2) is 9.78 Å². The van der Waals surface area contributed by atoms with Crippen LogP contribution in [0.4, 0.5) is 4.79 Å². The molecule has 0 N–H and O–H groups in total. The van der Waals surface area contributed by atoms with Gasteiger partial charge in [-0.2, -0.15) is 0 Å². The second-order valence-corrected chi connectivity index (χ2v) is 13.7. The van der Waals surface area contributed by atoms with Crippen LogP contribution in [0.3, 0.4) is 0 Å². The third kappa shape index (κ3) is 5.90. The van der Waals surface area contributed by atoms with Gasteiger partial charge in [-0.05, 0) is 78.2 Å². The maximum atomic E-state index is 13.2. The highest BCUT2D eigenvalue weighted by Gasteiger charge is 2.48. The number of ketones is 1. The van der Waals surface area contributed by atoms with Crippen LogP contribution in [0.5, 0.6) is 0 Å². The number of carbonyl (C=O) groups is 2. The SMILES string of the molecule is CC(C)C[C@H](CCCC(=O)c1cnc2cc3n(c2n1)CCC3(C)C)[C@@H]1COC(C)(C)N1C(=O)OC(C)(C)C. The second-order valence-electron chi connectivity index (χ2n) is 13.7. The average molecular weight is 527 g/mol. The summed E-state index contributed by atoms with van der Waals surface area (Å²) in [6.07, 6.45) is 5.22. The minimum Gasteiger partial charge on any atom is -0.444 e. The van der Waals surface area contributed by atoms with E-state index < -0.39 is 11.3 Å². The number of aromatic nitrogens is 3. The molecule has 1 saturated heterocycles. The van der Waals surface area contributed by atoms with Crippen LogP contribution in [-0.4, -0.2) is 55.3 Å². The largest absolute Gasteiger partial charge is 0.444 e. The van der Waals surface area contributed by atoms with Crippen molar-refractivity contribution in [1.82, 2.24) is 19.4 Å². The Morgan fingerprint density at radius 3 is 2.58 bits per heavy atom. The average Bonchev–Trinajstić information content (AvgIpc) is 3.41. The first-order valence-electron chi connectivity index (χ1n) is 14.2. The number of hydrogen-bond donors (Lipinski definition) is 0. The van der Waals surface area contributed by atoms with Gasteiger partial charge in [0.05, 0.1) is 18.8 Å². The van der Waals surface area contributed by atoms with Gasteiger partial charge in [0.2, 0.25) is 0 Å². The van der Waals surface area contributed by atoms with E-state index in [1.165, 1.54) is 5.69 Å². The van der Waals surface area contributed by atoms with Crippen molar-refractivity contribution in [2.24, 2.45) is 11.8 Å². The number of Topliss-reactive ketones (excluding diaryl/α,β-unsaturated/α-hetero) is 1. The lowest BCUT2D eigenvalue weighted by atomic mass is 9.85. The van der Waals surface area contributed by atoms with Crippen LogP contribution in [0.1, 0.15) is 111 Å². The van der Waals surface area contributed by atoms with Crippen LogP contribution in [0.15, 0.2) is 12.3 Å². The van der Waals surface area contributed by atoms with Gasteiger partial charge >= 0.3 is 6.09 Å². The van der Waals surface area contributed by atoms with Gasteiger partial charge in [0, 0.05) is 24.1 Å². The van der Waals surface area contributed by atoms with Crippen LogP contribution in [0, 0.1) is 11.8 Å². The Morgan fingerprint density at radius 2 is 1.92 bits per heavy atom. The molecule has 8 heteroatoms. The molecule has 1 amide bonds. The van der Waals surface area contributed by atoms with Gasteiger partial charge in [0.25, 0.3) is 0 Å². The van der Waals surface area contributed by atoms with Crippen molar-refractivity contribution in [3.8, 4) is 0 Å². The van der Waals surface area contributed by atoms with Crippen molar-refractivity contribution in [2.45, 2.75) is 124 Å². The predicted molar refractivity (Wildman–Crippen MR) is 148 cm³/mol. The first-order valence-corrected chi connectivity index (χ1v) is 14.2. The third-order valence-corrected chi connectivity index (χ3v) is 7.95. The van der Waals surface area contributed by atoms with Gasteiger partial charge in [-0.15, -0.1) is 0 Å². The summed E-state index contributed by atoms with van der Waals surface area (Å²) in [5.74, 6) is 0.665. The predicted octanol–water partition coefficient (Wildman–Crippen LogP) is 6.50. The van der Waals surface area contributed by atoms with E-state index in [9.17, 15) is 9.59 Å². The maximum Gasteiger partial charge on any atom is 0.412 e. The Hall–Kier alpha value is -2.48. The number of carbonyl (C=O) groups excluding carboxylic acids is 2. The summed E-state index contributed by atoms with van der Waals surface area (Å²) in [6.45, 7) is 19.7. The Kier molecular flexibility index (Phi) is 7.69. The fourth-order valence-electron chi connectivity index (χ4n) is 6.02. The van der Waals surface area contributed by atoms with Crippen molar-refractivity contribution in [2.75, 3.05) is 6.61 Å². The summed E-state index contributed by atoms with van der Waals surface area (Å²) in [7, 11) is 0. The van der Waals surface area contributed by atoms with Crippen LogP contribution in [0.25, 0.3) is 11.2 Å². The topological polar surface area (TPSA) is 86.6 Å². The van der Waals surface area contributed by atoms with Gasteiger partial charge in [0.15, 0.2) is 11.4 Å². The van der Waals surface area contributed by atoms with Gasteiger partial charge in [0.1, 0.15) is 22.5 Å². The normalized spacial score (nSPS) is 21.2. The minimum atomic E-state index is -0.741. The monoisotopic (exact) mass is 526 g/mol. The lowest BCUT2D eigenvalue weighted by Gasteiger charge is -2.38. The zero-order valence-electron chi connectivity index (χ0n) is 24.8. The Bertz CT molecular complexity index is 1190. The molecular weight excluding hydrogens is 480 g/mol. The van der Waals surface area contributed by atoms with Crippen molar-refractivity contribution in [1.29, 1.82) is 0 Å². The van der Waals surface area contributed by atoms with Gasteiger partial charge in [-0.1, -0.05) is 27.7 Å². The number of aryl methyl sites for hydroxylation is 1. The smallest absolute Gasteiger partial charge is 0.412 e. The molecule has 0 aliphatic carbocycles. The van der Waals surface area contributed by atoms with Crippen molar-refractivity contribution in [3.05, 3.63) is 23.7 Å². The van der Waals surface area contributed by atoms with E-state index in [2.05, 4.69) is 43.3 Å². The number of nitrogens with zero attached hydrogens (tertiary/aromatic N) is 4. The summed E-state index contributed by atoms with van der Waals surface area (Å²) in [5, 5.41) is 0. The molecule has 4 heterocycles. The quantitative estimate of drug-likeness (QED) is 0.365. The molecule has 0 saturated carbocycles. The second kappa shape index (κ2) is 10.2. The highest BCUT2D eigenvalue weighted by atomic mass is 16.6. The Morgan fingerprint density at radius 1 is 1.21 bits per heavy atom. The van der Waals surface area contributed by atoms with Gasteiger partial charge < -0.3 is 14.0 Å². The first kappa shape index (κ1) is 28.5. The zero-order chi connectivity index (χ0) is 28.0. The molecule has 2 aromatic rings. The number of amides is 1. The summed E-state index contributed by atoms with van der Waals surface area (Å²) in [5.41, 5.74) is 2.12. The molecule has 2 aliphatic rings. The van der Waals surface area contributed by atoms with E-state index in [0.717, 1.165) is 37.0 Å². The van der Waals surface area contributed by atoms with Crippen molar-refractivity contribution >= 4 is 23.0 Å². The molecule has 0 spiro atoms. The summed E-state index contributed by atoms with van der Waals surface area (Å²) >= 11 is 0. The molecule has 2 aromatic heterocycles. The molecule has 4 rings (SSSR count). The number of ether oxygens (including phenoxy) is 2. The number of hydrogen-bond acceptors (Lipinski definition) is 6. The molecule has 210 valence electrons. The molecule has 2 atom stereocenters. The van der Waals surface area contributed by atoms with E-state index in [4.69, 9.17) is 14.5 Å². The molecule has 0 bridgehead atoms. The van der Waals surface area contributed by atoms with E-state index in [1.807, 2.05) is 34.6 Å². The fourth-order valence-corrected chi connectivity index (χ4v) is 6.02. The highest BCUT2D eigenvalue weighted by Crippen LogP contribution is 2.38. The highest BCUT2D eigenvalue weighted by molar-refractivity contribution is 5.95. The van der Waals surface area contributed by atoms with Crippen LogP contribution in [-0.2, 0) is 21.4 Å². The number of rotatable bonds is 8. The zero-order valence-corrected chi connectivity index (χ0v) is 24.8. The molecule has 8 nitrogen and oxygen atoms in total. The minimum absolute atomic E-state index is 0.0162. The molecule has 0 unspecified atom stereocenters. The Labute approximate surface area is 227 Å². The van der Waals surface area contributed by atoms with E-state index in [0.29, 0.717) is 31.1 Å². The molecule has 2 aliphatic heterocycles. The maximum absolute atomic E-state index is 13.2.